The van der Waals surface area contributed by atoms with Gasteiger partial charge in [0.2, 0.25) is 0 Å². The van der Waals surface area contributed by atoms with E-state index in [-0.39, 0.29) is 27.3 Å². The Labute approximate surface area is 133 Å². The van der Waals surface area contributed by atoms with E-state index in [2.05, 4.69) is 10.6 Å². The number of carbonyl (C=O) groups is 2. The molecule has 0 aromatic heterocycles. The molecule has 3 N–H and O–H groups in total. The number of carboxylic acids is 1. The number of nitrogens with zero attached hydrogens (tertiary/aromatic N) is 1. The lowest BCUT2D eigenvalue weighted by molar-refractivity contribution is 0.0698. The van der Waals surface area contributed by atoms with Gasteiger partial charge in [0.05, 0.1) is 16.3 Å². The number of halogens is 2. The average molecular weight is 334 g/mol. The number of amides is 2. The maximum atomic E-state index is 11.8. The summed E-state index contributed by atoms with van der Waals surface area (Å²) in [4.78, 5) is 24.9. The van der Waals surface area contributed by atoms with Gasteiger partial charge in [-0.3, -0.25) is 0 Å². The van der Waals surface area contributed by atoms with Gasteiger partial charge in [-0.05, 0) is 33.2 Å². The summed E-state index contributed by atoms with van der Waals surface area (Å²) in [7, 11) is 3.78. The topological polar surface area (TPSA) is 81.7 Å². The van der Waals surface area contributed by atoms with Crippen LogP contribution in [0.1, 0.15) is 17.3 Å². The van der Waals surface area contributed by atoms with Gasteiger partial charge in [-0.2, -0.15) is 0 Å². The van der Waals surface area contributed by atoms with Crippen LogP contribution < -0.4 is 10.6 Å². The first kappa shape index (κ1) is 17.6. The van der Waals surface area contributed by atoms with Crippen molar-refractivity contribution in [2.75, 3.05) is 26.0 Å². The summed E-state index contributed by atoms with van der Waals surface area (Å²) in [6.45, 7) is 2.35. The van der Waals surface area contributed by atoms with Crippen molar-refractivity contribution in [2.45, 2.75) is 13.0 Å². The van der Waals surface area contributed by atoms with E-state index in [0.29, 0.717) is 6.54 Å². The smallest absolute Gasteiger partial charge is 0.337 e. The van der Waals surface area contributed by atoms with Crippen molar-refractivity contribution in [3.8, 4) is 0 Å². The number of rotatable bonds is 5. The quantitative estimate of drug-likeness (QED) is 0.773. The van der Waals surface area contributed by atoms with E-state index in [1.54, 1.807) is 0 Å². The summed E-state index contributed by atoms with van der Waals surface area (Å²) >= 11 is 11.7. The fraction of sp³-hybridized carbons (Fsp3) is 0.385. The van der Waals surface area contributed by atoms with Crippen LogP contribution in [0.5, 0.6) is 0 Å². The van der Waals surface area contributed by atoms with E-state index in [1.807, 2.05) is 25.9 Å². The van der Waals surface area contributed by atoms with Crippen molar-refractivity contribution in [3.63, 3.8) is 0 Å². The van der Waals surface area contributed by atoms with Crippen LogP contribution in [0.25, 0.3) is 0 Å². The van der Waals surface area contributed by atoms with Gasteiger partial charge in [0.15, 0.2) is 0 Å². The Morgan fingerprint density at radius 1 is 1.33 bits per heavy atom. The second kappa shape index (κ2) is 7.49. The van der Waals surface area contributed by atoms with E-state index in [1.165, 1.54) is 12.1 Å². The summed E-state index contributed by atoms with van der Waals surface area (Å²) in [5, 5.41) is 14.5. The maximum Gasteiger partial charge on any atom is 0.337 e. The maximum absolute atomic E-state index is 11.8. The van der Waals surface area contributed by atoms with Gasteiger partial charge in [-0.1, -0.05) is 23.2 Å². The Morgan fingerprint density at radius 2 is 1.95 bits per heavy atom. The van der Waals surface area contributed by atoms with Crippen molar-refractivity contribution in [1.82, 2.24) is 10.2 Å². The fourth-order valence-electron chi connectivity index (χ4n) is 1.45. The molecule has 0 saturated heterocycles. The standard InChI is InChI=1S/C13H17Cl2N3O3/c1-7(18(2)3)6-16-13(21)17-11-9(12(19)20)4-8(14)5-10(11)15/h4-5,7H,6H2,1-3H3,(H,19,20)(H2,16,17,21). The SMILES string of the molecule is CC(CNC(=O)Nc1c(Cl)cc(Cl)cc1C(=O)O)N(C)C. The minimum atomic E-state index is -1.23. The van der Waals surface area contributed by atoms with E-state index in [0.717, 1.165) is 0 Å². The Kier molecular flexibility index (Phi) is 6.26. The highest BCUT2D eigenvalue weighted by molar-refractivity contribution is 6.37. The zero-order valence-corrected chi connectivity index (χ0v) is 13.4. The van der Waals surface area contributed by atoms with Crippen LogP contribution in [-0.2, 0) is 0 Å². The van der Waals surface area contributed by atoms with Crippen LogP contribution in [0.2, 0.25) is 10.0 Å². The number of carboxylic acid groups (broad SMARTS) is 1. The van der Waals surface area contributed by atoms with Gasteiger partial charge >= 0.3 is 12.0 Å². The van der Waals surface area contributed by atoms with Crippen molar-refractivity contribution in [2.24, 2.45) is 0 Å². The first-order valence-electron chi connectivity index (χ1n) is 6.16. The molecule has 1 aromatic carbocycles. The number of hydrogen-bond donors (Lipinski definition) is 3. The number of anilines is 1. The summed E-state index contributed by atoms with van der Waals surface area (Å²) in [5.74, 6) is -1.23. The molecule has 1 aromatic rings. The van der Waals surface area contributed by atoms with Gasteiger partial charge in [0.1, 0.15) is 0 Å². The first-order valence-corrected chi connectivity index (χ1v) is 6.91. The highest BCUT2D eigenvalue weighted by Gasteiger charge is 2.17. The molecule has 1 atom stereocenters. The molecule has 6 nitrogen and oxygen atoms in total. The molecule has 0 bridgehead atoms. The molecule has 1 unspecified atom stereocenters. The zero-order chi connectivity index (χ0) is 16.2. The predicted molar refractivity (Wildman–Crippen MR) is 83.6 cm³/mol. The third-order valence-electron chi connectivity index (χ3n) is 2.96. The first-order chi connectivity index (χ1) is 9.72. The van der Waals surface area contributed by atoms with Gasteiger partial charge in [-0.25, -0.2) is 9.59 Å². The number of benzene rings is 1. The van der Waals surface area contributed by atoms with Crippen molar-refractivity contribution < 1.29 is 14.7 Å². The summed E-state index contributed by atoms with van der Waals surface area (Å²) in [5.41, 5.74) is -0.146. The minimum Gasteiger partial charge on any atom is -0.478 e. The lowest BCUT2D eigenvalue weighted by Crippen LogP contribution is -2.40. The molecule has 2 amide bonds. The lowest BCUT2D eigenvalue weighted by atomic mass is 10.2. The summed E-state index contributed by atoms with van der Waals surface area (Å²) in [6, 6.07) is 2.20. The molecule has 21 heavy (non-hydrogen) atoms. The lowest BCUT2D eigenvalue weighted by Gasteiger charge is -2.20. The zero-order valence-electron chi connectivity index (χ0n) is 11.9. The van der Waals surface area contributed by atoms with E-state index >= 15 is 0 Å². The van der Waals surface area contributed by atoms with Gasteiger partial charge in [-0.15, -0.1) is 0 Å². The van der Waals surface area contributed by atoms with Crippen LogP contribution in [-0.4, -0.2) is 48.7 Å². The molecule has 116 valence electrons. The third-order valence-corrected chi connectivity index (χ3v) is 3.48. The van der Waals surface area contributed by atoms with E-state index in [9.17, 15) is 9.59 Å². The molecule has 0 aliphatic rings. The number of carbonyl (C=O) groups excluding carboxylic acids is 1. The molecule has 0 saturated carbocycles. The van der Waals surface area contributed by atoms with Gasteiger partial charge in [0.25, 0.3) is 0 Å². The molecule has 0 heterocycles. The molecular weight excluding hydrogens is 317 g/mol. The molecule has 0 spiro atoms. The number of hydrogen-bond acceptors (Lipinski definition) is 3. The van der Waals surface area contributed by atoms with Crippen LogP contribution in [0.15, 0.2) is 12.1 Å². The molecule has 0 fully saturated rings. The average Bonchev–Trinajstić information content (AvgIpc) is 2.38. The molecule has 0 radical (unpaired) electrons. The Bertz CT molecular complexity index is 550. The van der Waals surface area contributed by atoms with Crippen LogP contribution in [0, 0.1) is 0 Å². The number of urea groups is 1. The van der Waals surface area contributed by atoms with Crippen molar-refractivity contribution in [1.29, 1.82) is 0 Å². The third kappa shape index (κ3) is 5.08. The summed E-state index contributed by atoms with van der Waals surface area (Å²) < 4.78 is 0. The normalized spacial score (nSPS) is 12.1. The highest BCUT2D eigenvalue weighted by atomic mass is 35.5. The van der Waals surface area contributed by atoms with E-state index < -0.39 is 12.0 Å². The van der Waals surface area contributed by atoms with Crippen LogP contribution >= 0.6 is 23.2 Å². The summed E-state index contributed by atoms with van der Waals surface area (Å²) in [6.07, 6.45) is 0. The fourth-order valence-corrected chi connectivity index (χ4v) is 1.99. The minimum absolute atomic E-state index is 0.0172. The Morgan fingerprint density at radius 3 is 2.48 bits per heavy atom. The molecule has 1 rings (SSSR count). The Hall–Kier alpha value is -1.50. The van der Waals surface area contributed by atoms with Gasteiger partial charge < -0.3 is 20.6 Å². The van der Waals surface area contributed by atoms with Crippen LogP contribution in [0.4, 0.5) is 10.5 Å². The Balaban J connectivity index is 2.83. The van der Waals surface area contributed by atoms with Crippen LogP contribution in [0.3, 0.4) is 0 Å². The molecule has 8 heteroatoms. The number of aromatic carboxylic acids is 1. The monoisotopic (exact) mass is 333 g/mol. The largest absolute Gasteiger partial charge is 0.478 e. The highest BCUT2D eigenvalue weighted by Crippen LogP contribution is 2.30. The van der Waals surface area contributed by atoms with Crippen molar-refractivity contribution >= 4 is 40.9 Å². The predicted octanol–water partition coefficient (Wildman–Crippen LogP) is 2.76. The second-order valence-electron chi connectivity index (χ2n) is 4.76. The molecular formula is C13H17Cl2N3O3. The number of likely N-dealkylation sites (N-methyl/N-ethyl adjacent to an activating group) is 1. The molecule has 0 aliphatic carbocycles. The second-order valence-corrected chi connectivity index (χ2v) is 5.61. The number of nitrogens with one attached hydrogen (secondary N) is 2. The molecule has 0 aliphatic heterocycles. The van der Waals surface area contributed by atoms with E-state index in [4.69, 9.17) is 28.3 Å². The van der Waals surface area contributed by atoms with Gasteiger partial charge in [0, 0.05) is 17.6 Å². The van der Waals surface area contributed by atoms with Crippen molar-refractivity contribution in [3.05, 3.63) is 27.7 Å².